The van der Waals surface area contributed by atoms with Gasteiger partial charge in [-0.2, -0.15) is 4.52 Å². The second-order valence-electron chi connectivity index (χ2n) is 6.12. The normalized spacial score (nSPS) is 18.4. The van der Waals surface area contributed by atoms with Gasteiger partial charge in [0.1, 0.15) is 11.8 Å². The van der Waals surface area contributed by atoms with Crippen LogP contribution in [0, 0.1) is 0 Å². The first-order valence-corrected chi connectivity index (χ1v) is 9.02. The van der Waals surface area contributed by atoms with Crippen LogP contribution in [0.2, 0.25) is 0 Å². The number of aryl methyl sites for hydroxylation is 1. The Morgan fingerprint density at radius 2 is 2.12 bits per heavy atom. The van der Waals surface area contributed by atoms with Gasteiger partial charge in [-0.05, 0) is 19.2 Å². The molecule has 8 heteroatoms. The van der Waals surface area contributed by atoms with Crippen LogP contribution < -0.4 is 0 Å². The highest BCUT2D eigenvalue weighted by molar-refractivity contribution is 7.17. The molecule has 0 bridgehead atoms. The first-order valence-electron chi connectivity index (χ1n) is 8.20. The number of aromatic nitrogens is 3. The average molecular weight is 347 g/mol. The van der Waals surface area contributed by atoms with Crippen molar-refractivity contribution in [2.24, 2.45) is 0 Å². The highest BCUT2D eigenvalue weighted by Gasteiger charge is 2.32. The van der Waals surface area contributed by atoms with Gasteiger partial charge in [0, 0.05) is 32.6 Å². The minimum absolute atomic E-state index is 0.104. The molecule has 1 aliphatic heterocycles. The zero-order chi connectivity index (χ0) is 16.7. The van der Waals surface area contributed by atoms with Gasteiger partial charge in [0.2, 0.25) is 10.8 Å². The summed E-state index contributed by atoms with van der Waals surface area (Å²) in [7, 11) is 2.13. The van der Waals surface area contributed by atoms with E-state index in [1.54, 1.807) is 10.8 Å². The maximum atomic E-state index is 10.7. The zero-order valence-corrected chi connectivity index (χ0v) is 14.7. The highest BCUT2D eigenvalue weighted by Crippen LogP contribution is 2.40. The van der Waals surface area contributed by atoms with Gasteiger partial charge in [0.15, 0.2) is 5.82 Å². The Kier molecular flexibility index (Phi) is 4.03. The Morgan fingerprint density at radius 3 is 2.75 bits per heavy atom. The molecule has 0 spiro atoms. The minimum atomic E-state index is -0.104. The molecule has 128 valence electrons. The minimum Gasteiger partial charge on any atom is -0.492 e. The SMILES string of the molecule is CCc1nc2sc([C@@H](c3ccco3)N3CCN(C)CC3)c(O)n2n1. The lowest BCUT2D eigenvalue weighted by Gasteiger charge is -2.36. The fourth-order valence-corrected chi connectivity index (χ4v) is 4.24. The fraction of sp³-hybridized carbons (Fsp3) is 0.500. The first-order chi connectivity index (χ1) is 11.7. The average Bonchev–Trinajstić information content (AvgIpc) is 3.29. The van der Waals surface area contributed by atoms with Crippen molar-refractivity contribution in [2.75, 3.05) is 33.2 Å². The van der Waals surface area contributed by atoms with Crippen molar-refractivity contribution in [1.29, 1.82) is 0 Å². The molecule has 1 saturated heterocycles. The standard InChI is InChI=1S/C16H21N5O2S/c1-3-12-17-16-21(18-12)15(22)14(24-16)13(11-5-4-10-23-11)20-8-6-19(2)7-9-20/h4-5,10,13,22H,3,6-9H2,1-2H3/t13-/m1/s1. The molecule has 24 heavy (non-hydrogen) atoms. The third-order valence-corrected chi connectivity index (χ3v) is 5.60. The molecule has 3 aromatic heterocycles. The van der Waals surface area contributed by atoms with Gasteiger partial charge in [-0.1, -0.05) is 18.3 Å². The molecule has 7 nitrogen and oxygen atoms in total. The Balaban J connectivity index is 1.76. The third-order valence-electron chi connectivity index (χ3n) is 4.52. The zero-order valence-electron chi connectivity index (χ0n) is 13.8. The lowest BCUT2D eigenvalue weighted by Crippen LogP contribution is -2.46. The van der Waals surface area contributed by atoms with Gasteiger partial charge in [0.05, 0.1) is 11.1 Å². The van der Waals surface area contributed by atoms with Crippen LogP contribution in [0.3, 0.4) is 0 Å². The first kappa shape index (κ1) is 15.6. The summed E-state index contributed by atoms with van der Waals surface area (Å²) in [5.74, 6) is 1.76. The largest absolute Gasteiger partial charge is 0.492 e. The molecule has 0 radical (unpaired) electrons. The number of aromatic hydroxyl groups is 1. The van der Waals surface area contributed by atoms with Crippen molar-refractivity contribution in [3.8, 4) is 5.88 Å². The number of rotatable bonds is 4. The Bertz CT molecular complexity index is 817. The summed E-state index contributed by atoms with van der Waals surface area (Å²) in [5.41, 5.74) is 0. The smallest absolute Gasteiger partial charge is 0.230 e. The van der Waals surface area contributed by atoms with Crippen LogP contribution in [0.15, 0.2) is 22.8 Å². The third kappa shape index (κ3) is 2.60. The van der Waals surface area contributed by atoms with Crippen LogP contribution in [0.4, 0.5) is 0 Å². The monoisotopic (exact) mass is 347 g/mol. The molecule has 4 rings (SSSR count). The summed E-state index contributed by atoms with van der Waals surface area (Å²) < 4.78 is 7.24. The van der Waals surface area contributed by atoms with Gasteiger partial charge < -0.3 is 14.4 Å². The molecule has 1 atom stereocenters. The molecule has 1 aliphatic rings. The van der Waals surface area contributed by atoms with Crippen molar-refractivity contribution in [1.82, 2.24) is 24.4 Å². The van der Waals surface area contributed by atoms with Crippen LogP contribution in [-0.4, -0.2) is 62.7 Å². The summed E-state index contributed by atoms with van der Waals surface area (Å²) in [6.45, 7) is 5.86. The summed E-state index contributed by atoms with van der Waals surface area (Å²) >= 11 is 1.48. The molecule has 1 N–H and O–H groups in total. The van der Waals surface area contributed by atoms with Crippen LogP contribution >= 0.6 is 11.3 Å². The van der Waals surface area contributed by atoms with Gasteiger partial charge in [0.25, 0.3) is 0 Å². The van der Waals surface area contributed by atoms with Crippen LogP contribution in [-0.2, 0) is 6.42 Å². The molecule has 3 aromatic rings. The van der Waals surface area contributed by atoms with Crippen molar-refractivity contribution in [3.63, 3.8) is 0 Å². The van der Waals surface area contributed by atoms with Crippen molar-refractivity contribution in [3.05, 3.63) is 34.9 Å². The number of hydrogen-bond acceptors (Lipinski definition) is 7. The van der Waals surface area contributed by atoms with Gasteiger partial charge >= 0.3 is 0 Å². The van der Waals surface area contributed by atoms with Crippen molar-refractivity contribution < 1.29 is 9.52 Å². The summed E-state index contributed by atoms with van der Waals surface area (Å²) in [6.07, 6.45) is 2.44. The van der Waals surface area contributed by atoms with E-state index in [1.165, 1.54) is 11.3 Å². The van der Waals surface area contributed by atoms with Crippen LogP contribution in [0.5, 0.6) is 5.88 Å². The van der Waals surface area contributed by atoms with E-state index in [4.69, 9.17) is 4.42 Å². The molecule has 0 saturated carbocycles. The topological polar surface area (TPSA) is 70.0 Å². The second-order valence-corrected chi connectivity index (χ2v) is 7.13. The van der Waals surface area contributed by atoms with Gasteiger partial charge in [-0.15, -0.1) is 5.10 Å². The Hall–Kier alpha value is -1.90. The lowest BCUT2D eigenvalue weighted by atomic mass is 10.1. The quantitative estimate of drug-likeness (QED) is 0.778. The van der Waals surface area contributed by atoms with Gasteiger partial charge in [-0.3, -0.25) is 4.90 Å². The Labute approximate surface area is 144 Å². The number of nitrogens with zero attached hydrogens (tertiary/aromatic N) is 5. The fourth-order valence-electron chi connectivity index (χ4n) is 3.12. The second kappa shape index (κ2) is 6.19. The number of thiazole rings is 1. The number of piperazine rings is 1. The highest BCUT2D eigenvalue weighted by atomic mass is 32.1. The maximum absolute atomic E-state index is 10.7. The van der Waals surface area contributed by atoms with E-state index in [1.807, 2.05) is 19.1 Å². The molecule has 0 aliphatic carbocycles. The van der Waals surface area contributed by atoms with E-state index in [0.717, 1.165) is 54.0 Å². The van der Waals surface area contributed by atoms with E-state index in [-0.39, 0.29) is 11.9 Å². The summed E-state index contributed by atoms with van der Waals surface area (Å²) in [5, 5.41) is 15.1. The van der Waals surface area contributed by atoms with E-state index in [2.05, 4.69) is 26.9 Å². The van der Waals surface area contributed by atoms with Crippen molar-refractivity contribution >= 4 is 16.3 Å². The molecule has 4 heterocycles. The molecule has 0 amide bonds. The maximum Gasteiger partial charge on any atom is 0.230 e. The molecule has 0 aromatic carbocycles. The Morgan fingerprint density at radius 1 is 1.33 bits per heavy atom. The molecular formula is C16H21N5O2S. The van der Waals surface area contributed by atoms with E-state index >= 15 is 0 Å². The molecule has 1 fully saturated rings. The van der Waals surface area contributed by atoms with Gasteiger partial charge in [-0.25, -0.2) is 4.98 Å². The van der Waals surface area contributed by atoms with Crippen molar-refractivity contribution in [2.45, 2.75) is 19.4 Å². The van der Waals surface area contributed by atoms with E-state index in [9.17, 15) is 5.11 Å². The van der Waals surface area contributed by atoms with E-state index in [0.29, 0.717) is 0 Å². The number of hydrogen-bond donors (Lipinski definition) is 1. The van der Waals surface area contributed by atoms with Crippen LogP contribution in [0.25, 0.3) is 4.96 Å². The lowest BCUT2D eigenvalue weighted by molar-refractivity contribution is 0.117. The summed E-state index contributed by atoms with van der Waals surface area (Å²) in [6, 6.07) is 3.75. The van der Waals surface area contributed by atoms with E-state index < -0.39 is 0 Å². The number of fused-ring (bicyclic) bond motifs is 1. The molecular weight excluding hydrogens is 326 g/mol. The summed E-state index contributed by atoms with van der Waals surface area (Å²) in [4.78, 5) is 10.7. The predicted molar refractivity (Wildman–Crippen MR) is 91.5 cm³/mol. The van der Waals surface area contributed by atoms with Crippen LogP contribution in [0.1, 0.15) is 29.4 Å². The molecule has 0 unspecified atom stereocenters. The number of likely N-dealkylation sites (N-methyl/N-ethyl adjacent to an activating group) is 1. The number of furan rings is 1. The predicted octanol–water partition coefficient (Wildman–Crippen LogP) is 1.99.